The number of hydrogen-bond acceptors (Lipinski definition) is 4. The third-order valence-electron chi connectivity index (χ3n) is 2.49. The lowest BCUT2D eigenvalue weighted by molar-refractivity contribution is 0.0885. The molecule has 0 aliphatic rings. The van der Waals surface area contributed by atoms with Gasteiger partial charge in [-0.3, -0.25) is 0 Å². The molecule has 0 heterocycles. The van der Waals surface area contributed by atoms with Gasteiger partial charge in [-0.15, -0.1) is 0 Å². The molecule has 0 saturated heterocycles. The average molecular weight is 253 g/mol. The molecule has 18 heavy (non-hydrogen) atoms. The van der Waals surface area contributed by atoms with E-state index < -0.39 is 0 Å². The predicted molar refractivity (Wildman–Crippen MR) is 72.2 cm³/mol. The summed E-state index contributed by atoms with van der Waals surface area (Å²) in [5.41, 5.74) is 5.74. The van der Waals surface area contributed by atoms with Gasteiger partial charge in [0, 0.05) is 6.04 Å². The smallest absolute Gasteiger partial charge is 0.161 e. The van der Waals surface area contributed by atoms with Gasteiger partial charge in [0.25, 0.3) is 0 Å². The molecule has 4 heteroatoms. The highest BCUT2D eigenvalue weighted by atomic mass is 16.5. The summed E-state index contributed by atoms with van der Waals surface area (Å²) in [6.07, 6.45) is 0.925. The van der Waals surface area contributed by atoms with Gasteiger partial charge in [0.05, 0.1) is 19.8 Å². The lowest BCUT2D eigenvalue weighted by Crippen LogP contribution is -2.26. The van der Waals surface area contributed by atoms with Crippen molar-refractivity contribution >= 4 is 0 Å². The molecule has 0 bridgehead atoms. The van der Waals surface area contributed by atoms with E-state index in [1.54, 1.807) is 0 Å². The maximum Gasteiger partial charge on any atom is 0.161 e. The van der Waals surface area contributed by atoms with Gasteiger partial charge in [-0.05, 0) is 25.5 Å². The molecule has 0 aliphatic carbocycles. The fourth-order valence-corrected chi connectivity index (χ4v) is 1.41. The first-order chi connectivity index (χ1) is 8.77. The van der Waals surface area contributed by atoms with Gasteiger partial charge >= 0.3 is 0 Å². The van der Waals surface area contributed by atoms with Crippen LogP contribution in [0.1, 0.15) is 20.3 Å². The summed E-state index contributed by atoms with van der Waals surface area (Å²) < 4.78 is 16.5. The summed E-state index contributed by atoms with van der Waals surface area (Å²) in [6, 6.07) is 7.75. The van der Waals surface area contributed by atoms with Crippen molar-refractivity contribution in [2.45, 2.75) is 26.3 Å². The van der Waals surface area contributed by atoms with Gasteiger partial charge in [0.2, 0.25) is 0 Å². The fourth-order valence-electron chi connectivity index (χ4n) is 1.41. The Morgan fingerprint density at radius 3 is 2.33 bits per heavy atom. The zero-order chi connectivity index (χ0) is 13.2. The van der Waals surface area contributed by atoms with Crippen LogP contribution in [0.5, 0.6) is 11.5 Å². The van der Waals surface area contributed by atoms with E-state index in [4.69, 9.17) is 19.9 Å². The van der Waals surface area contributed by atoms with Crippen molar-refractivity contribution in [2.24, 2.45) is 5.73 Å². The number of ether oxygens (including phenoxy) is 3. The van der Waals surface area contributed by atoms with Crippen LogP contribution in [0.4, 0.5) is 0 Å². The highest BCUT2D eigenvalue weighted by Crippen LogP contribution is 2.26. The van der Waals surface area contributed by atoms with Crippen LogP contribution in [0, 0.1) is 0 Å². The van der Waals surface area contributed by atoms with Gasteiger partial charge in [0.15, 0.2) is 11.5 Å². The first-order valence-electron chi connectivity index (χ1n) is 6.45. The van der Waals surface area contributed by atoms with Crippen molar-refractivity contribution in [1.29, 1.82) is 0 Å². The average Bonchev–Trinajstić information content (AvgIpc) is 2.40. The van der Waals surface area contributed by atoms with E-state index in [2.05, 4.69) is 0 Å². The van der Waals surface area contributed by atoms with Crippen molar-refractivity contribution in [3.8, 4) is 11.5 Å². The Hall–Kier alpha value is -1.26. The second-order valence-electron chi connectivity index (χ2n) is 3.97. The summed E-state index contributed by atoms with van der Waals surface area (Å²) in [4.78, 5) is 0. The number of benzene rings is 1. The van der Waals surface area contributed by atoms with E-state index in [9.17, 15) is 0 Å². The Morgan fingerprint density at radius 2 is 1.72 bits per heavy atom. The van der Waals surface area contributed by atoms with Gasteiger partial charge in [-0.1, -0.05) is 19.1 Å². The maximum absolute atomic E-state index is 5.74. The molecular weight excluding hydrogens is 230 g/mol. The highest BCUT2D eigenvalue weighted by molar-refractivity contribution is 5.39. The zero-order valence-electron chi connectivity index (χ0n) is 11.2. The lowest BCUT2D eigenvalue weighted by Gasteiger charge is -2.12. The van der Waals surface area contributed by atoms with Crippen LogP contribution in [0.2, 0.25) is 0 Å². The Bertz CT molecular complexity index is 331. The van der Waals surface area contributed by atoms with Crippen LogP contribution in [0.25, 0.3) is 0 Å². The quantitative estimate of drug-likeness (QED) is 0.686. The molecule has 1 aromatic carbocycles. The van der Waals surface area contributed by atoms with Crippen LogP contribution in [-0.2, 0) is 4.74 Å². The van der Waals surface area contributed by atoms with Crippen molar-refractivity contribution in [3.63, 3.8) is 0 Å². The van der Waals surface area contributed by atoms with Gasteiger partial charge in [-0.2, -0.15) is 0 Å². The van der Waals surface area contributed by atoms with E-state index in [0.717, 1.165) is 17.9 Å². The normalized spacial score (nSPS) is 12.2. The molecule has 102 valence electrons. The lowest BCUT2D eigenvalue weighted by atomic mass is 10.3. The molecule has 0 saturated carbocycles. The summed E-state index contributed by atoms with van der Waals surface area (Å²) in [5, 5.41) is 0. The van der Waals surface area contributed by atoms with Gasteiger partial charge in [-0.25, -0.2) is 0 Å². The summed E-state index contributed by atoms with van der Waals surface area (Å²) in [5.74, 6) is 1.52. The van der Waals surface area contributed by atoms with Crippen LogP contribution in [0.15, 0.2) is 24.3 Å². The molecule has 0 aromatic heterocycles. The van der Waals surface area contributed by atoms with E-state index >= 15 is 0 Å². The molecular formula is C14H23NO3. The Balaban J connectivity index is 2.26. The number of para-hydroxylation sites is 2. The highest BCUT2D eigenvalue weighted by Gasteiger charge is 2.03. The first-order valence-corrected chi connectivity index (χ1v) is 6.45. The minimum atomic E-state index is 0.112. The number of hydrogen-bond donors (Lipinski definition) is 1. The number of rotatable bonds is 9. The second-order valence-corrected chi connectivity index (χ2v) is 3.97. The van der Waals surface area contributed by atoms with Gasteiger partial charge in [0.1, 0.15) is 6.61 Å². The molecule has 2 N–H and O–H groups in total. The van der Waals surface area contributed by atoms with Crippen LogP contribution >= 0.6 is 0 Å². The molecule has 1 aromatic rings. The summed E-state index contributed by atoms with van der Waals surface area (Å²) in [6.45, 7) is 6.23. The van der Waals surface area contributed by atoms with Crippen molar-refractivity contribution in [2.75, 3.05) is 26.4 Å². The van der Waals surface area contributed by atoms with Crippen LogP contribution in [-0.4, -0.2) is 32.5 Å². The van der Waals surface area contributed by atoms with Gasteiger partial charge < -0.3 is 19.9 Å². The molecule has 4 nitrogen and oxygen atoms in total. The topological polar surface area (TPSA) is 53.7 Å². The minimum Gasteiger partial charge on any atom is -0.490 e. The molecule has 0 radical (unpaired) electrons. The minimum absolute atomic E-state index is 0.112. The van der Waals surface area contributed by atoms with Crippen molar-refractivity contribution in [3.05, 3.63) is 24.3 Å². The van der Waals surface area contributed by atoms with Crippen molar-refractivity contribution in [1.82, 2.24) is 0 Å². The van der Waals surface area contributed by atoms with E-state index in [1.165, 1.54) is 0 Å². The Kier molecular flexibility index (Phi) is 7.22. The molecule has 0 amide bonds. The molecule has 0 aliphatic heterocycles. The van der Waals surface area contributed by atoms with E-state index in [-0.39, 0.29) is 6.04 Å². The van der Waals surface area contributed by atoms with E-state index in [0.29, 0.717) is 26.4 Å². The maximum atomic E-state index is 5.74. The fraction of sp³-hybridized carbons (Fsp3) is 0.571. The summed E-state index contributed by atoms with van der Waals surface area (Å²) >= 11 is 0. The van der Waals surface area contributed by atoms with E-state index in [1.807, 2.05) is 38.1 Å². The monoisotopic (exact) mass is 253 g/mol. The van der Waals surface area contributed by atoms with Crippen molar-refractivity contribution < 1.29 is 14.2 Å². The second kappa shape index (κ2) is 8.78. The third kappa shape index (κ3) is 5.38. The largest absolute Gasteiger partial charge is 0.490 e. The Morgan fingerprint density at radius 1 is 1.06 bits per heavy atom. The van der Waals surface area contributed by atoms with Crippen LogP contribution in [0.3, 0.4) is 0 Å². The third-order valence-corrected chi connectivity index (χ3v) is 2.49. The standard InChI is InChI=1S/C14H23NO3/c1-3-12(15)11-16-9-10-18-14-8-6-5-7-13(14)17-4-2/h5-8,12H,3-4,9-11,15H2,1-2H3. The molecule has 0 spiro atoms. The number of nitrogens with two attached hydrogens (primary N) is 1. The first kappa shape index (κ1) is 14.8. The summed E-state index contributed by atoms with van der Waals surface area (Å²) in [7, 11) is 0. The molecule has 1 rings (SSSR count). The predicted octanol–water partition coefficient (Wildman–Crippen LogP) is 2.22. The Labute approximate surface area is 109 Å². The molecule has 1 unspecified atom stereocenters. The zero-order valence-corrected chi connectivity index (χ0v) is 11.2. The molecule has 0 fully saturated rings. The SMILES string of the molecule is CCOc1ccccc1OCCOCC(N)CC. The molecule has 1 atom stereocenters. The van der Waals surface area contributed by atoms with Crippen LogP contribution < -0.4 is 15.2 Å².